The molecular formula is C14H12N2O3. The number of carboxylic acid groups (broad SMARTS) is 1. The summed E-state index contributed by atoms with van der Waals surface area (Å²) in [4.78, 5) is 23.0. The van der Waals surface area contributed by atoms with E-state index >= 15 is 0 Å². The minimum absolute atomic E-state index is 0.0541. The van der Waals surface area contributed by atoms with Crippen LogP contribution in [0.3, 0.4) is 0 Å². The zero-order chi connectivity index (χ0) is 14.2. The van der Waals surface area contributed by atoms with E-state index in [1.54, 1.807) is 26.0 Å². The number of hydrogen-bond donors (Lipinski definition) is 1. The molecule has 2 aromatic rings. The highest BCUT2D eigenvalue weighted by Crippen LogP contribution is 2.24. The molecule has 1 aromatic carbocycles. The van der Waals surface area contributed by atoms with Gasteiger partial charge in [-0.3, -0.25) is 9.36 Å². The molecule has 0 radical (unpaired) electrons. The van der Waals surface area contributed by atoms with Crippen molar-refractivity contribution in [3.8, 4) is 6.07 Å². The predicted octanol–water partition coefficient (Wildman–Crippen LogP) is 1.84. The smallest absolute Gasteiger partial charge is 0.336 e. The van der Waals surface area contributed by atoms with Gasteiger partial charge in [-0.05, 0) is 37.1 Å². The zero-order valence-corrected chi connectivity index (χ0v) is 10.6. The Balaban J connectivity index is 2.96. The molecule has 0 spiro atoms. The van der Waals surface area contributed by atoms with E-state index in [1.807, 2.05) is 6.07 Å². The van der Waals surface area contributed by atoms with Gasteiger partial charge in [0.2, 0.25) is 0 Å². The van der Waals surface area contributed by atoms with Crippen LogP contribution < -0.4 is 5.56 Å². The van der Waals surface area contributed by atoms with Gasteiger partial charge in [-0.15, -0.1) is 0 Å². The number of benzene rings is 1. The third kappa shape index (κ3) is 1.97. The first-order valence-electron chi connectivity index (χ1n) is 5.71. The van der Waals surface area contributed by atoms with Crippen LogP contribution in [0.25, 0.3) is 10.9 Å². The van der Waals surface area contributed by atoms with Gasteiger partial charge in [-0.2, -0.15) is 5.26 Å². The number of nitrogens with zero attached hydrogens (tertiary/aromatic N) is 2. The van der Waals surface area contributed by atoms with Crippen LogP contribution in [0.15, 0.2) is 23.0 Å². The molecule has 1 aromatic heterocycles. The Bertz CT molecular complexity index is 782. The lowest BCUT2D eigenvalue weighted by molar-refractivity contribution is 0.0695. The van der Waals surface area contributed by atoms with Crippen molar-refractivity contribution in [1.29, 1.82) is 5.26 Å². The van der Waals surface area contributed by atoms with Crippen molar-refractivity contribution >= 4 is 16.9 Å². The summed E-state index contributed by atoms with van der Waals surface area (Å²) in [6.45, 7) is 3.34. The van der Waals surface area contributed by atoms with E-state index in [4.69, 9.17) is 5.26 Å². The molecule has 5 nitrogen and oxygen atoms in total. The second-order valence-electron chi connectivity index (χ2n) is 4.35. The highest BCUT2D eigenvalue weighted by atomic mass is 16.4. The minimum atomic E-state index is -0.991. The summed E-state index contributed by atoms with van der Waals surface area (Å²) in [6.07, 6.45) is 0. The van der Waals surface area contributed by atoms with Crippen molar-refractivity contribution in [3.63, 3.8) is 0 Å². The maximum absolute atomic E-state index is 11.8. The van der Waals surface area contributed by atoms with Gasteiger partial charge < -0.3 is 5.11 Å². The van der Waals surface area contributed by atoms with E-state index in [0.29, 0.717) is 22.0 Å². The summed E-state index contributed by atoms with van der Waals surface area (Å²) >= 11 is 0. The van der Waals surface area contributed by atoms with Crippen LogP contribution in [0.4, 0.5) is 0 Å². The van der Waals surface area contributed by atoms with Crippen molar-refractivity contribution in [1.82, 2.24) is 4.57 Å². The number of aromatic nitrogens is 1. The fourth-order valence-corrected chi connectivity index (χ4v) is 2.34. The number of carboxylic acids is 1. The Morgan fingerprint density at radius 3 is 2.68 bits per heavy atom. The first kappa shape index (κ1) is 12.8. The van der Waals surface area contributed by atoms with Gasteiger partial charge in [-0.25, -0.2) is 4.79 Å². The van der Waals surface area contributed by atoms with Gasteiger partial charge >= 0.3 is 5.97 Å². The number of fused-ring (bicyclic) bond motifs is 1. The Morgan fingerprint density at radius 2 is 2.11 bits per heavy atom. The summed E-state index contributed by atoms with van der Waals surface area (Å²) in [5, 5.41) is 18.7. The molecule has 19 heavy (non-hydrogen) atoms. The van der Waals surface area contributed by atoms with Crippen molar-refractivity contribution < 1.29 is 9.90 Å². The van der Waals surface area contributed by atoms with Crippen molar-refractivity contribution in [2.45, 2.75) is 20.4 Å². The molecule has 2 rings (SSSR count). The van der Waals surface area contributed by atoms with Crippen molar-refractivity contribution in [2.75, 3.05) is 0 Å². The number of hydrogen-bond acceptors (Lipinski definition) is 3. The second-order valence-corrected chi connectivity index (χ2v) is 4.35. The molecule has 0 saturated carbocycles. The van der Waals surface area contributed by atoms with Crippen molar-refractivity contribution in [2.24, 2.45) is 0 Å². The van der Waals surface area contributed by atoms with Crippen LogP contribution in [0, 0.1) is 25.2 Å². The summed E-state index contributed by atoms with van der Waals surface area (Å²) < 4.78 is 1.35. The monoisotopic (exact) mass is 256 g/mol. The summed E-state index contributed by atoms with van der Waals surface area (Å²) in [6, 6.07) is 6.54. The summed E-state index contributed by atoms with van der Waals surface area (Å²) in [5.41, 5.74) is 1.75. The maximum atomic E-state index is 11.8. The Labute approximate surface area is 109 Å². The minimum Gasteiger partial charge on any atom is -0.478 e. The standard InChI is InChI=1S/C14H12N2O3/c1-8-7-11-10(9(2)13(8)14(18)19)3-4-12(17)16(11)6-5-15/h3-4,7H,6H2,1-2H3,(H,18,19). The molecule has 1 heterocycles. The molecule has 0 aliphatic rings. The molecule has 0 amide bonds. The lowest BCUT2D eigenvalue weighted by Gasteiger charge is -2.13. The number of nitriles is 1. The number of rotatable bonds is 2. The van der Waals surface area contributed by atoms with Gasteiger partial charge in [0.05, 0.1) is 17.1 Å². The molecule has 0 bridgehead atoms. The number of aryl methyl sites for hydroxylation is 2. The van der Waals surface area contributed by atoms with Crippen LogP contribution in [0.5, 0.6) is 0 Å². The first-order valence-corrected chi connectivity index (χ1v) is 5.71. The molecule has 0 aliphatic carbocycles. The normalized spacial score (nSPS) is 10.4. The molecule has 0 fully saturated rings. The average molecular weight is 256 g/mol. The van der Waals surface area contributed by atoms with E-state index in [1.165, 1.54) is 10.6 Å². The molecule has 5 heteroatoms. The molecule has 0 atom stereocenters. The Kier molecular flexibility index (Phi) is 3.09. The Morgan fingerprint density at radius 1 is 1.42 bits per heavy atom. The predicted molar refractivity (Wildman–Crippen MR) is 70.3 cm³/mol. The Hall–Kier alpha value is -2.61. The zero-order valence-electron chi connectivity index (χ0n) is 10.6. The largest absolute Gasteiger partial charge is 0.478 e. The molecule has 0 unspecified atom stereocenters. The average Bonchev–Trinajstić information content (AvgIpc) is 2.32. The van der Waals surface area contributed by atoms with Gasteiger partial charge in [-0.1, -0.05) is 0 Å². The van der Waals surface area contributed by atoms with Crippen LogP contribution in [0.1, 0.15) is 21.5 Å². The van der Waals surface area contributed by atoms with E-state index in [2.05, 4.69) is 0 Å². The van der Waals surface area contributed by atoms with Gasteiger partial charge in [0.1, 0.15) is 6.54 Å². The fraction of sp³-hybridized carbons (Fsp3) is 0.214. The van der Waals surface area contributed by atoms with Gasteiger partial charge in [0.25, 0.3) is 5.56 Å². The molecule has 1 N–H and O–H groups in total. The second kappa shape index (κ2) is 4.58. The third-order valence-electron chi connectivity index (χ3n) is 3.19. The number of pyridine rings is 1. The van der Waals surface area contributed by atoms with E-state index < -0.39 is 5.97 Å². The van der Waals surface area contributed by atoms with Crippen LogP contribution >= 0.6 is 0 Å². The highest BCUT2D eigenvalue weighted by molar-refractivity contribution is 5.98. The lowest BCUT2D eigenvalue weighted by atomic mass is 9.98. The summed E-state index contributed by atoms with van der Waals surface area (Å²) in [7, 11) is 0. The van der Waals surface area contributed by atoms with Crippen LogP contribution in [-0.4, -0.2) is 15.6 Å². The molecule has 96 valence electrons. The quantitative estimate of drug-likeness (QED) is 0.888. The number of carbonyl (C=O) groups is 1. The topological polar surface area (TPSA) is 83.1 Å². The maximum Gasteiger partial charge on any atom is 0.336 e. The lowest BCUT2D eigenvalue weighted by Crippen LogP contribution is -2.19. The summed E-state index contributed by atoms with van der Waals surface area (Å²) in [5.74, 6) is -0.991. The molecular weight excluding hydrogens is 244 g/mol. The fourth-order valence-electron chi connectivity index (χ4n) is 2.34. The van der Waals surface area contributed by atoms with Crippen LogP contribution in [0.2, 0.25) is 0 Å². The molecule has 0 aliphatic heterocycles. The third-order valence-corrected chi connectivity index (χ3v) is 3.19. The van der Waals surface area contributed by atoms with E-state index in [0.717, 1.165) is 0 Å². The van der Waals surface area contributed by atoms with Crippen molar-refractivity contribution in [3.05, 3.63) is 45.2 Å². The first-order chi connectivity index (χ1) is 8.97. The number of aromatic carboxylic acids is 1. The van der Waals surface area contributed by atoms with E-state index in [-0.39, 0.29) is 17.7 Å². The van der Waals surface area contributed by atoms with Gasteiger partial charge in [0, 0.05) is 11.5 Å². The van der Waals surface area contributed by atoms with Gasteiger partial charge in [0.15, 0.2) is 0 Å². The van der Waals surface area contributed by atoms with Crippen LogP contribution in [-0.2, 0) is 6.54 Å². The molecule has 0 saturated heterocycles. The SMILES string of the molecule is Cc1cc2c(ccc(=O)n2CC#N)c(C)c1C(=O)O. The highest BCUT2D eigenvalue weighted by Gasteiger charge is 2.15. The van der Waals surface area contributed by atoms with E-state index in [9.17, 15) is 14.7 Å².